The van der Waals surface area contributed by atoms with Gasteiger partial charge in [0.15, 0.2) is 5.11 Å². The summed E-state index contributed by atoms with van der Waals surface area (Å²) in [6, 6.07) is 9.50. The molecule has 1 unspecified atom stereocenters. The van der Waals surface area contributed by atoms with Crippen molar-refractivity contribution in [3.05, 3.63) is 30.3 Å². The molecule has 1 aliphatic carbocycles. The lowest BCUT2D eigenvalue weighted by atomic mass is 10.1. The number of hydrazine groups is 1. The molecule has 0 saturated heterocycles. The number of anilines is 1. The first-order valence-electron chi connectivity index (χ1n) is 5.65. The van der Waals surface area contributed by atoms with Crippen molar-refractivity contribution in [3.8, 4) is 0 Å². The van der Waals surface area contributed by atoms with Crippen LogP contribution in [0.4, 0.5) is 5.69 Å². The summed E-state index contributed by atoms with van der Waals surface area (Å²) in [6.45, 7) is 1.88. The molecule has 7 heteroatoms. The highest BCUT2D eigenvalue weighted by molar-refractivity contribution is 9.25. The molecule has 0 aliphatic heterocycles. The van der Waals surface area contributed by atoms with E-state index in [0.29, 0.717) is 5.11 Å². The van der Waals surface area contributed by atoms with Crippen molar-refractivity contribution in [2.24, 2.45) is 5.41 Å². The molecule has 1 aromatic carbocycles. The van der Waals surface area contributed by atoms with Crippen LogP contribution in [0.1, 0.15) is 13.3 Å². The van der Waals surface area contributed by atoms with E-state index in [1.807, 2.05) is 37.3 Å². The second-order valence-electron chi connectivity index (χ2n) is 4.61. The Morgan fingerprint density at radius 2 is 1.84 bits per heavy atom. The molecule has 102 valence electrons. The normalized spacial score (nSPS) is 23.3. The largest absolute Gasteiger partial charge is 0.331 e. The van der Waals surface area contributed by atoms with Crippen LogP contribution in [-0.4, -0.2) is 14.3 Å². The van der Waals surface area contributed by atoms with Crippen LogP contribution >= 0.6 is 44.1 Å². The van der Waals surface area contributed by atoms with Gasteiger partial charge in [-0.15, -0.1) is 0 Å². The molecule has 1 atom stereocenters. The van der Waals surface area contributed by atoms with Crippen LogP contribution < -0.4 is 16.2 Å². The molecule has 1 aromatic rings. The SMILES string of the molecule is CC1(C(=O)NNC(=S)Nc2ccccc2)CC1(Br)Br. The van der Waals surface area contributed by atoms with Crippen molar-refractivity contribution in [2.45, 2.75) is 16.6 Å². The number of alkyl halides is 2. The number of halogens is 2. The van der Waals surface area contributed by atoms with E-state index >= 15 is 0 Å². The monoisotopic (exact) mass is 405 g/mol. The number of nitrogens with one attached hydrogen (secondary N) is 3. The standard InChI is InChI=1S/C12H13Br2N3OS/c1-11(7-12(11,13)14)9(18)16-17-10(19)15-8-5-3-2-4-6-8/h2-6H,7H2,1H3,(H,16,18)(H2,15,17,19). The van der Waals surface area contributed by atoms with Crippen molar-refractivity contribution in [1.82, 2.24) is 10.9 Å². The van der Waals surface area contributed by atoms with Crippen molar-refractivity contribution in [2.75, 3.05) is 5.32 Å². The van der Waals surface area contributed by atoms with E-state index in [1.54, 1.807) is 0 Å². The fraction of sp³-hybridized carbons (Fsp3) is 0.333. The van der Waals surface area contributed by atoms with E-state index in [0.717, 1.165) is 12.1 Å². The molecule has 2 rings (SSSR count). The smallest absolute Gasteiger partial charge is 0.246 e. The summed E-state index contributed by atoms with van der Waals surface area (Å²) in [5, 5.41) is 3.32. The summed E-state index contributed by atoms with van der Waals surface area (Å²) in [5.41, 5.74) is 5.70. The Labute approximate surface area is 133 Å². The second kappa shape index (κ2) is 5.38. The van der Waals surface area contributed by atoms with Crippen LogP contribution in [-0.2, 0) is 4.79 Å². The quantitative estimate of drug-likeness (QED) is 0.401. The lowest BCUT2D eigenvalue weighted by Gasteiger charge is -2.15. The lowest BCUT2D eigenvalue weighted by Crippen LogP contribution is -2.47. The summed E-state index contributed by atoms with van der Waals surface area (Å²) in [6.07, 6.45) is 0.729. The van der Waals surface area contributed by atoms with Crippen LogP contribution in [0.3, 0.4) is 0 Å². The predicted octanol–water partition coefficient (Wildman–Crippen LogP) is 2.90. The van der Waals surface area contributed by atoms with Crippen LogP contribution in [0, 0.1) is 5.41 Å². The van der Waals surface area contributed by atoms with E-state index in [4.69, 9.17) is 12.2 Å². The number of amides is 1. The van der Waals surface area contributed by atoms with Gasteiger partial charge in [0.1, 0.15) is 0 Å². The zero-order valence-electron chi connectivity index (χ0n) is 10.2. The van der Waals surface area contributed by atoms with Crippen molar-refractivity contribution < 1.29 is 4.79 Å². The lowest BCUT2D eigenvalue weighted by molar-refractivity contribution is -0.126. The summed E-state index contributed by atoms with van der Waals surface area (Å²) >= 11 is 12.0. The zero-order valence-corrected chi connectivity index (χ0v) is 14.2. The minimum absolute atomic E-state index is 0.113. The predicted molar refractivity (Wildman–Crippen MR) is 87.3 cm³/mol. The van der Waals surface area contributed by atoms with Gasteiger partial charge in [-0.3, -0.25) is 15.6 Å². The summed E-state index contributed by atoms with van der Waals surface area (Å²) < 4.78 is -0.312. The molecule has 0 bridgehead atoms. The van der Waals surface area contributed by atoms with Gasteiger partial charge in [0.25, 0.3) is 0 Å². The maximum Gasteiger partial charge on any atom is 0.246 e. The first-order chi connectivity index (χ1) is 8.85. The zero-order chi connectivity index (χ0) is 14.1. The minimum Gasteiger partial charge on any atom is -0.331 e. The molecule has 1 amide bonds. The van der Waals surface area contributed by atoms with Gasteiger partial charge in [0, 0.05) is 5.69 Å². The van der Waals surface area contributed by atoms with E-state index in [1.165, 1.54) is 0 Å². The van der Waals surface area contributed by atoms with Gasteiger partial charge < -0.3 is 5.32 Å². The van der Waals surface area contributed by atoms with Gasteiger partial charge in [0.05, 0.1) is 8.65 Å². The van der Waals surface area contributed by atoms with Crippen LogP contribution in [0.5, 0.6) is 0 Å². The van der Waals surface area contributed by atoms with Gasteiger partial charge in [0.2, 0.25) is 5.91 Å². The van der Waals surface area contributed by atoms with Gasteiger partial charge in [-0.05, 0) is 37.7 Å². The molecule has 1 aliphatic rings. The van der Waals surface area contributed by atoms with Crippen molar-refractivity contribution >= 4 is 60.8 Å². The Kier molecular flexibility index (Phi) is 4.17. The molecule has 19 heavy (non-hydrogen) atoms. The molecule has 1 fully saturated rings. The van der Waals surface area contributed by atoms with E-state index in [9.17, 15) is 4.79 Å². The summed E-state index contributed by atoms with van der Waals surface area (Å²) in [7, 11) is 0. The Hall–Kier alpha value is -0.660. The van der Waals surface area contributed by atoms with Gasteiger partial charge in [-0.1, -0.05) is 50.1 Å². The van der Waals surface area contributed by atoms with Gasteiger partial charge in [-0.25, -0.2) is 0 Å². The highest BCUT2D eigenvalue weighted by Gasteiger charge is 2.66. The van der Waals surface area contributed by atoms with Crippen LogP contribution in [0.2, 0.25) is 0 Å². The van der Waals surface area contributed by atoms with Crippen molar-refractivity contribution in [3.63, 3.8) is 0 Å². The molecule has 0 heterocycles. The summed E-state index contributed by atoms with van der Waals surface area (Å²) in [5.74, 6) is -0.113. The van der Waals surface area contributed by atoms with Gasteiger partial charge in [-0.2, -0.15) is 0 Å². The number of thiocarbonyl (C=S) groups is 1. The number of rotatable bonds is 2. The van der Waals surface area contributed by atoms with Crippen LogP contribution in [0.15, 0.2) is 30.3 Å². The fourth-order valence-corrected chi connectivity index (χ4v) is 3.23. The van der Waals surface area contributed by atoms with Crippen molar-refractivity contribution in [1.29, 1.82) is 0 Å². The Bertz CT molecular complexity index is 509. The third-order valence-electron chi connectivity index (χ3n) is 3.08. The average molecular weight is 407 g/mol. The number of hydrogen-bond acceptors (Lipinski definition) is 2. The molecule has 1 saturated carbocycles. The maximum atomic E-state index is 12.0. The highest BCUT2D eigenvalue weighted by atomic mass is 79.9. The number of benzene rings is 1. The molecular weight excluding hydrogens is 394 g/mol. The number of carbonyl (C=O) groups is 1. The second-order valence-corrected chi connectivity index (χ2v) is 8.79. The van der Waals surface area contributed by atoms with E-state index in [2.05, 4.69) is 48.0 Å². The summed E-state index contributed by atoms with van der Waals surface area (Å²) in [4.78, 5) is 12.0. The fourth-order valence-electron chi connectivity index (χ4n) is 1.58. The Morgan fingerprint density at radius 1 is 1.26 bits per heavy atom. The maximum absolute atomic E-state index is 12.0. The Balaban J connectivity index is 1.80. The third-order valence-corrected chi connectivity index (χ3v) is 5.60. The molecule has 0 spiro atoms. The topological polar surface area (TPSA) is 53.2 Å². The van der Waals surface area contributed by atoms with Crippen LogP contribution in [0.25, 0.3) is 0 Å². The molecule has 4 nitrogen and oxygen atoms in total. The van der Waals surface area contributed by atoms with E-state index < -0.39 is 5.41 Å². The molecule has 0 radical (unpaired) electrons. The number of hydrogen-bond donors (Lipinski definition) is 3. The average Bonchev–Trinajstić information content (AvgIpc) is 2.88. The number of para-hydroxylation sites is 1. The highest BCUT2D eigenvalue weighted by Crippen LogP contribution is 2.66. The molecular formula is C12H13Br2N3OS. The first-order valence-corrected chi connectivity index (χ1v) is 7.65. The molecule has 0 aromatic heterocycles. The van der Waals surface area contributed by atoms with E-state index in [-0.39, 0.29) is 9.14 Å². The molecule has 3 N–H and O–H groups in total. The number of carbonyl (C=O) groups excluding carboxylic acids is 1. The minimum atomic E-state index is -0.470. The third kappa shape index (κ3) is 3.27. The Morgan fingerprint density at radius 3 is 2.37 bits per heavy atom. The van der Waals surface area contributed by atoms with Gasteiger partial charge >= 0.3 is 0 Å². The first kappa shape index (κ1) is 14.7.